The van der Waals surface area contributed by atoms with Gasteiger partial charge in [-0.15, -0.1) is 0 Å². The van der Waals surface area contributed by atoms with Gasteiger partial charge in [-0.25, -0.2) is 4.39 Å². The van der Waals surface area contributed by atoms with Crippen molar-refractivity contribution < 1.29 is 27.1 Å². The lowest BCUT2D eigenvalue weighted by Gasteiger charge is -2.18. The van der Waals surface area contributed by atoms with Gasteiger partial charge >= 0.3 is 6.18 Å². The molecule has 2 aromatic rings. The number of rotatable bonds is 5. The van der Waals surface area contributed by atoms with E-state index in [1.54, 1.807) is 24.3 Å². The Morgan fingerprint density at radius 1 is 1.16 bits per heavy atom. The highest BCUT2D eigenvalue weighted by Gasteiger charge is 2.34. The molecule has 3 nitrogen and oxygen atoms in total. The fraction of sp³-hybridized carbons (Fsp3) is 0.235. The molecule has 0 saturated carbocycles. The maximum Gasteiger partial charge on any atom is 0.419 e. The second kappa shape index (κ2) is 7.74. The number of hydrogen-bond acceptors (Lipinski definition) is 2. The summed E-state index contributed by atoms with van der Waals surface area (Å²) in [5, 5.41) is 0.552. The standard InChI is InChI=1S/C17H14ClF4NO2/c1-23(8-9-25-13-5-3-12(18)4-6-13)16(24)11-2-7-15(19)14(10-11)17(20,21)22/h2-7,10H,8-9H2,1H3. The number of likely N-dealkylation sites (N-methyl/N-ethyl adjacent to an activating group) is 1. The average Bonchev–Trinajstić information content (AvgIpc) is 2.55. The topological polar surface area (TPSA) is 29.5 Å². The Morgan fingerprint density at radius 3 is 2.40 bits per heavy atom. The minimum atomic E-state index is -4.86. The molecule has 0 spiro atoms. The fourth-order valence-electron chi connectivity index (χ4n) is 2.03. The third-order valence-corrected chi connectivity index (χ3v) is 3.63. The quantitative estimate of drug-likeness (QED) is 0.712. The van der Waals surface area contributed by atoms with E-state index in [0.717, 1.165) is 6.07 Å². The van der Waals surface area contributed by atoms with Crippen molar-refractivity contribution in [3.05, 3.63) is 64.4 Å². The van der Waals surface area contributed by atoms with Gasteiger partial charge in [0.2, 0.25) is 0 Å². The molecule has 0 aromatic heterocycles. The van der Waals surface area contributed by atoms with Crippen LogP contribution in [-0.4, -0.2) is 31.0 Å². The van der Waals surface area contributed by atoms with E-state index in [2.05, 4.69) is 0 Å². The zero-order chi connectivity index (χ0) is 18.6. The van der Waals surface area contributed by atoms with Crippen molar-refractivity contribution in [2.75, 3.05) is 20.2 Å². The van der Waals surface area contributed by atoms with E-state index in [1.807, 2.05) is 0 Å². The summed E-state index contributed by atoms with van der Waals surface area (Å²) in [7, 11) is 1.42. The van der Waals surface area contributed by atoms with Crippen LogP contribution in [0.25, 0.3) is 0 Å². The third kappa shape index (κ3) is 5.09. The number of alkyl halides is 3. The van der Waals surface area contributed by atoms with Gasteiger partial charge in [0, 0.05) is 17.6 Å². The van der Waals surface area contributed by atoms with Gasteiger partial charge in [-0.05, 0) is 42.5 Å². The molecule has 0 unspecified atom stereocenters. The summed E-state index contributed by atoms with van der Waals surface area (Å²) in [4.78, 5) is 13.4. The van der Waals surface area contributed by atoms with Crippen molar-refractivity contribution in [3.8, 4) is 5.75 Å². The molecule has 2 aromatic carbocycles. The Bertz CT molecular complexity index is 747. The maximum absolute atomic E-state index is 13.3. The van der Waals surface area contributed by atoms with Gasteiger partial charge in [0.15, 0.2) is 0 Å². The van der Waals surface area contributed by atoms with Crippen LogP contribution in [0.15, 0.2) is 42.5 Å². The first-order valence-corrected chi connectivity index (χ1v) is 7.57. The summed E-state index contributed by atoms with van der Waals surface area (Å²) < 4.78 is 56.8. The molecule has 0 N–H and O–H groups in total. The Labute approximate surface area is 146 Å². The predicted octanol–water partition coefficient (Wildman–Crippen LogP) is 4.65. The molecule has 8 heteroatoms. The van der Waals surface area contributed by atoms with Crippen molar-refractivity contribution >= 4 is 17.5 Å². The Balaban J connectivity index is 1.99. The zero-order valence-electron chi connectivity index (χ0n) is 13.1. The lowest BCUT2D eigenvalue weighted by molar-refractivity contribution is -0.140. The van der Waals surface area contributed by atoms with Gasteiger partial charge in [-0.2, -0.15) is 13.2 Å². The molecule has 0 atom stereocenters. The van der Waals surface area contributed by atoms with Gasteiger partial charge in [-0.3, -0.25) is 4.79 Å². The second-order valence-electron chi connectivity index (χ2n) is 5.22. The number of halogens is 5. The van der Waals surface area contributed by atoms with Crippen LogP contribution in [0.3, 0.4) is 0 Å². The number of ether oxygens (including phenoxy) is 1. The van der Waals surface area contributed by atoms with Crippen LogP contribution in [-0.2, 0) is 6.18 Å². The van der Waals surface area contributed by atoms with Crippen molar-refractivity contribution in [1.82, 2.24) is 4.90 Å². The molecule has 2 rings (SSSR count). The van der Waals surface area contributed by atoms with E-state index in [4.69, 9.17) is 16.3 Å². The lowest BCUT2D eigenvalue weighted by atomic mass is 10.1. The van der Waals surface area contributed by atoms with E-state index in [0.29, 0.717) is 22.9 Å². The third-order valence-electron chi connectivity index (χ3n) is 3.37. The van der Waals surface area contributed by atoms with Gasteiger partial charge < -0.3 is 9.64 Å². The molecule has 0 radical (unpaired) electrons. The highest BCUT2D eigenvalue weighted by atomic mass is 35.5. The smallest absolute Gasteiger partial charge is 0.419 e. The largest absolute Gasteiger partial charge is 0.492 e. The summed E-state index contributed by atoms with van der Waals surface area (Å²) in [6, 6.07) is 8.75. The minimum absolute atomic E-state index is 0.136. The first-order chi connectivity index (χ1) is 11.7. The molecular formula is C17H14ClF4NO2. The van der Waals surface area contributed by atoms with E-state index in [1.165, 1.54) is 11.9 Å². The number of benzene rings is 2. The molecule has 0 aliphatic carbocycles. The average molecular weight is 376 g/mol. The van der Waals surface area contributed by atoms with Crippen LogP contribution in [0, 0.1) is 5.82 Å². The van der Waals surface area contributed by atoms with Gasteiger partial charge in [0.25, 0.3) is 5.91 Å². The molecule has 25 heavy (non-hydrogen) atoms. The molecule has 134 valence electrons. The predicted molar refractivity (Wildman–Crippen MR) is 85.3 cm³/mol. The highest BCUT2D eigenvalue weighted by molar-refractivity contribution is 6.30. The molecule has 0 saturated heterocycles. The molecule has 1 amide bonds. The number of nitrogens with zero attached hydrogens (tertiary/aromatic N) is 1. The monoisotopic (exact) mass is 375 g/mol. The second-order valence-corrected chi connectivity index (χ2v) is 5.66. The van der Waals surface area contributed by atoms with Gasteiger partial charge in [0.1, 0.15) is 18.2 Å². The van der Waals surface area contributed by atoms with Crippen molar-refractivity contribution in [2.45, 2.75) is 6.18 Å². The van der Waals surface area contributed by atoms with E-state index in [9.17, 15) is 22.4 Å². The summed E-state index contributed by atoms with van der Waals surface area (Å²) >= 11 is 5.75. The summed E-state index contributed by atoms with van der Waals surface area (Å²) in [5.41, 5.74) is -1.72. The van der Waals surface area contributed by atoms with Crippen molar-refractivity contribution in [3.63, 3.8) is 0 Å². The normalized spacial score (nSPS) is 11.3. The minimum Gasteiger partial charge on any atom is -0.492 e. The number of hydrogen-bond donors (Lipinski definition) is 0. The fourth-order valence-corrected chi connectivity index (χ4v) is 2.15. The van der Waals surface area contributed by atoms with E-state index < -0.39 is 23.5 Å². The first-order valence-electron chi connectivity index (χ1n) is 7.19. The summed E-state index contributed by atoms with van der Waals surface area (Å²) in [6.07, 6.45) is -4.86. The van der Waals surface area contributed by atoms with Crippen molar-refractivity contribution in [1.29, 1.82) is 0 Å². The van der Waals surface area contributed by atoms with Gasteiger partial charge in [0.05, 0.1) is 12.1 Å². The van der Waals surface area contributed by atoms with Crippen LogP contribution >= 0.6 is 11.6 Å². The number of amides is 1. The molecule has 0 aliphatic rings. The highest BCUT2D eigenvalue weighted by Crippen LogP contribution is 2.32. The van der Waals surface area contributed by atoms with E-state index in [-0.39, 0.29) is 18.7 Å². The lowest BCUT2D eigenvalue weighted by Crippen LogP contribution is -2.31. The molecule has 0 heterocycles. The van der Waals surface area contributed by atoms with Crippen LogP contribution < -0.4 is 4.74 Å². The Hall–Kier alpha value is -2.28. The van der Waals surface area contributed by atoms with Crippen LogP contribution in [0.4, 0.5) is 17.6 Å². The van der Waals surface area contributed by atoms with Crippen LogP contribution in [0.2, 0.25) is 5.02 Å². The SMILES string of the molecule is CN(CCOc1ccc(Cl)cc1)C(=O)c1ccc(F)c(C(F)(F)F)c1. The van der Waals surface area contributed by atoms with Gasteiger partial charge in [-0.1, -0.05) is 11.6 Å². The zero-order valence-corrected chi connectivity index (χ0v) is 13.9. The number of carbonyl (C=O) groups is 1. The first kappa shape index (κ1) is 19.1. The van der Waals surface area contributed by atoms with Crippen molar-refractivity contribution in [2.24, 2.45) is 0 Å². The van der Waals surface area contributed by atoms with Crippen LogP contribution in [0.1, 0.15) is 15.9 Å². The molecule has 0 fully saturated rings. The number of carbonyl (C=O) groups excluding carboxylic acids is 1. The molecule has 0 bridgehead atoms. The van der Waals surface area contributed by atoms with Crippen LogP contribution in [0.5, 0.6) is 5.75 Å². The molecule has 0 aliphatic heterocycles. The Morgan fingerprint density at radius 2 is 1.80 bits per heavy atom. The maximum atomic E-state index is 13.3. The summed E-state index contributed by atoms with van der Waals surface area (Å²) in [6.45, 7) is 0.275. The Kier molecular flexibility index (Phi) is 5.89. The summed E-state index contributed by atoms with van der Waals surface area (Å²) in [5.74, 6) is -1.53. The van der Waals surface area contributed by atoms with E-state index >= 15 is 0 Å². The molecular weight excluding hydrogens is 362 g/mol.